The van der Waals surface area contributed by atoms with Crippen LogP contribution in [0.4, 0.5) is 8.78 Å². The van der Waals surface area contributed by atoms with Crippen LogP contribution in [0.2, 0.25) is 0 Å². The molecule has 0 saturated carbocycles. The van der Waals surface area contributed by atoms with E-state index in [0.717, 1.165) is 6.07 Å². The Hall–Kier alpha value is -1.53. The van der Waals surface area contributed by atoms with Crippen LogP contribution in [0.5, 0.6) is 0 Å². The minimum absolute atomic E-state index is 0.127. The first-order valence-electron chi connectivity index (χ1n) is 6.01. The van der Waals surface area contributed by atoms with Crippen molar-refractivity contribution in [3.05, 3.63) is 34.9 Å². The SMILES string of the molecule is Cc1ccc(F)c(C(=O)N2CCOC(CO)C2)c1F. The normalized spacial score (nSPS) is 19.6. The maximum absolute atomic E-state index is 13.9. The smallest absolute Gasteiger partial charge is 0.260 e. The topological polar surface area (TPSA) is 49.8 Å². The number of benzene rings is 1. The fourth-order valence-corrected chi connectivity index (χ4v) is 2.03. The monoisotopic (exact) mass is 271 g/mol. The lowest BCUT2D eigenvalue weighted by Gasteiger charge is -2.32. The molecule has 1 aromatic rings. The summed E-state index contributed by atoms with van der Waals surface area (Å²) in [4.78, 5) is 13.5. The molecule has 1 aromatic carbocycles. The van der Waals surface area contributed by atoms with Gasteiger partial charge >= 0.3 is 0 Å². The summed E-state index contributed by atoms with van der Waals surface area (Å²) in [7, 11) is 0. The van der Waals surface area contributed by atoms with Crippen molar-refractivity contribution in [3.8, 4) is 0 Å². The van der Waals surface area contributed by atoms with Crippen LogP contribution in [0.15, 0.2) is 12.1 Å². The minimum Gasteiger partial charge on any atom is -0.394 e. The van der Waals surface area contributed by atoms with Gasteiger partial charge in [-0.25, -0.2) is 8.78 Å². The number of aliphatic hydroxyl groups is 1. The Morgan fingerprint density at radius 2 is 2.26 bits per heavy atom. The Morgan fingerprint density at radius 3 is 2.95 bits per heavy atom. The lowest BCUT2D eigenvalue weighted by molar-refractivity contribution is -0.0449. The number of carbonyl (C=O) groups is 1. The van der Waals surface area contributed by atoms with Gasteiger partial charge in [0, 0.05) is 13.1 Å². The molecule has 104 valence electrons. The third kappa shape index (κ3) is 2.74. The van der Waals surface area contributed by atoms with Crippen LogP contribution in [0, 0.1) is 18.6 Å². The number of morpholine rings is 1. The van der Waals surface area contributed by atoms with E-state index in [4.69, 9.17) is 9.84 Å². The molecule has 1 amide bonds. The number of nitrogens with zero attached hydrogens (tertiary/aromatic N) is 1. The first-order chi connectivity index (χ1) is 9.04. The Labute approximate surface area is 109 Å². The second-order valence-electron chi connectivity index (χ2n) is 4.48. The zero-order valence-corrected chi connectivity index (χ0v) is 10.5. The van der Waals surface area contributed by atoms with Crippen molar-refractivity contribution in [2.75, 3.05) is 26.3 Å². The molecular weight excluding hydrogens is 256 g/mol. The van der Waals surface area contributed by atoms with Gasteiger partial charge in [-0.05, 0) is 18.6 Å². The molecular formula is C13H15F2NO3. The first-order valence-corrected chi connectivity index (χ1v) is 6.01. The summed E-state index contributed by atoms with van der Waals surface area (Å²) in [6.07, 6.45) is -0.506. The molecule has 1 aliphatic rings. The van der Waals surface area contributed by atoms with Crippen molar-refractivity contribution in [2.45, 2.75) is 13.0 Å². The number of aliphatic hydroxyl groups excluding tert-OH is 1. The Bertz CT molecular complexity index is 493. The van der Waals surface area contributed by atoms with E-state index in [-0.39, 0.29) is 31.9 Å². The molecule has 1 unspecified atom stereocenters. The predicted molar refractivity (Wildman–Crippen MR) is 63.8 cm³/mol. The van der Waals surface area contributed by atoms with E-state index in [0.29, 0.717) is 0 Å². The third-order valence-electron chi connectivity index (χ3n) is 3.13. The van der Waals surface area contributed by atoms with E-state index in [1.165, 1.54) is 17.9 Å². The summed E-state index contributed by atoms with van der Waals surface area (Å²) in [6, 6.07) is 2.37. The Morgan fingerprint density at radius 1 is 1.53 bits per heavy atom. The maximum Gasteiger partial charge on any atom is 0.260 e. The third-order valence-corrected chi connectivity index (χ3v) is 3.13. The fraction of sp³-hybridized carbons (Fsp3) is 0.462. The Balaban J connectivity index is 2.27. The van der Waals surface area contributed by atoms with E-state index in [2.05, 4.69) is 0 Å². The summed E-state index contributed by atoms with van der Waals surface area (Å²) < 4.78 is 32.7. The van der Waals surface area contributed by atoms with Crippen molar-refractivity contribution < 1.29 is 23.4 Å². The van der Waals surface area contributed by atoms with Gasteiger partial charge in [0.25, 0.3) is 5.91 Å². The highest BCUT2D eigenvalue weighted by molar-refractivity contribution is 5.95. The summed E-state index contributed by atoms with van der Waals surface area (Å²) in [6.45, 7) is 1.86. The van der Waals surface area contributed by atoms with Gasteiger partial charge in [-0.1, -0.05) is 6.07 Å². The average molecular weight is 271 g/mol. The van der Waals surface area contributed by atoms with Gasteiger partial charge in [0.2, 0.25) is 0 Å². The van der Waals surface area contributed by atoms with Gasteiger partial charge in [-0.15, -0.1) is 0 Å². The predicted octanol–water partition coefficient (Wildman–Crippen LogP) is 1.11. The molecule has 19 heavy (non-hydrogen) atoms. The summed E-state index contributed by atoms with van der Waals surface area (Å²) >= 11 is 0. The number of rotatable bonds is 2. The quantitative estimate of drug-likeness (QED) is 0.876. The van der Waals surface area contributed by atoms with Crippen molar-refractivity contribution in [3.63, 3.8) is 0 Å². The number of aryl methyl sites for hydroxylation is 1. The zero-order valence-electron chi connectivity index (χ0n) is 10.5. The molecule has 4 nitrogen and oxygen atoms in total. The molecule has 2 rings (SSSR count). The maximum atomic E-state index is 13.9. The number of carbonyl (C=O) groups excluding carboxylic acids is 1. The minimum atomic E-state index is -0.875. The number of ether oxygens (including phenoxy) is 1. The van der Waals surface area contributed by atoms with Gasteiger partial charge < -0.3 is 14.7 Å². The fourth-order valence-electron chi connectivity index (χ4n) is 2.03. The molecule has 1 heterocycles. The second kappa shape index (κ2) is 5.63. The molecule has 6 heteroatoms. The number of hydrogen-bond acceptors (Lipinski definition) is 3. The van der Waals surface area contributed by atoms with Crippen molar-refractivity contribution in [1.82, 2.24) is 4.90 Å². The van der Waals surface area contributed by atoms with Crippen LogP contribution in [-0.2, 0) is 4.74 Å². The summed E-state index contributed by atoms with van der Waals surface area (Å²) in [5.74, 6) is -2.42. The molecule has 0 bridgehead atoms. The molecule has 0 aliphatic carbocycles. The van der Waals surface area contributed by atoms with Crippen LogP contribution in [0.3, 0.4) is 0 Å². The second-order valence-corrected chi connectivity index (χ2v) is 4.48. The lowest BCUT2D eigenvalue weighted by Crippen LogP contribution is -2.47. The molecule has 1 N–H and O–H groups in total. The van der Waals surface area contributed by atoms with Crippen LogP contribution in [0.1, 0.15) is 15.9 Å². The molecule has 0 spiro atoms. The van der Waals surface area contributed by atoms with E-state index < -0.39 is 29.2 Å². The van der Waals surface area contributed by atoms with Crippen molar-refractivity contribution in [2.24, 2.45) is 0 Å². The Kier molecular flexibility index (Phi) is 4.11. The van der Waals surface area contributed by atoms with E-state index >= 15 is 0 Å². The van der Waals surface area contributed by atoms with Gasteiger partial charge in [0.15, 0.2) is 0 Å². The van der Waals surface area contributed by atoms with E-state index in [9.17, 15) is 13.6 Å². The van der Waals surface area contributed by atoms with Crippen LogP contribution in [0.25, 0.3) is 0 Å². The van der Waals surface area contributed by atoms with Crippen LogP contribution >= 0.6 is 0 Å². The van der Waals surface area contributed by atoms with Crippen LogP contribution in [-0.4, -0.2) is 48.3 Å². The number of amides is 1. The highest BCUT2D eigenvalue weighted by Gasteiger charge is 2.28. The van der Waals surface area contributed by atoms with Crippen molar-refractivity contribution >= 4 is 5.91 Å². The molecule has 1 saturated heterocycles. The molecule has 0 radical (unpaired) electrons. The van der Waals surface area contributed by atoms with Gasteiger partial charge in [0.1, 0.15) is 17.2 Å². The zero-order chi connectivity index (χ0) is 14.0. The van der Waals surface area contributed by atoms with Gasteiger partial charge in [0.05, 0.1) is 19.3 Å². The number of hydrogen-bond donors (Lipinski definition) is 1. The van der Waals surface area contributed by atoms with E-state index in [1.54, 1.807) is 0 Å². The van der Waals surface area contributed by atoms with Crippen LogP contribution < -0.4 is 0 Å². The summed E-state index contributed by atoms with van der Waals surface area (Å²) in [5.41, 5.74) is -0.324. The molecule has 0 aromatic heterocycles. The first kappa shape index (κ1) is 13.9. The average Bonchev–Trinajstić information content (AvgIpc) is 2.43. The summed E-state index contributed by atoms with van der Waals surface area (Å²) in [5, 5.41) is 9.00. The standard InChI is InChI=1S/C13H15F2NO3/c1-8-2-3-10(14)11(12(8)15)13(18)16-4-5-19-9(6-16)7-17/h2-3,9,17H,4-7H2,1H3. The highest BCUT2D eigenvalue weighted by atomic mass is 19.1. The van der Waals surface area contributed by atoms with Gasteiger partial charge in [-0.3, -0.25) is 4.79 Å². The highest BCUT2D eigenvalue weighted by Crippen LogP contribution is 2.19. The van der Waals surface area contributed by atoms with Gasteiger partial charge in [-0.2, -0.15) is 0 Å². The number of halogens is 2. The van der Waals surface area contributed by atoms with Crippen molar-refractivity contribution in [1.29, 1.82) is 0 Å². The molecule has 1 atom stereocenters. The molecule has 1 fully saturated rings. The van der Waals surface area contributed by atoms with E-state index in [1.807, 2.05) is 0 Å². The lowest BCUT2D eigenvalue weighted by atomic mass is 10.1. The molecule has 1 aliphatic heterocycles. The largest absolute Gasteiger partial charge is 0.394 e.